The van der Waals surface area contributed by atoms with Crippen molar-refractivity contribution in [1.82, 2.24) is 19.2 Å². The van der Waals surface area contributed by atoms with E-state index in [4.69, 9.17) is 9.84 Å². The summed E-state index contributed by atoms with van der Waals surface area (Å²) in [7, 11) is 0. The predicted octanol–water partition coefficient (Wildman–Crippen LogP) is 2.87. The van der Waals surface area contributed by atoms with Crippen molar-refractivity contribution in [3.8, 4) is 0 Å². The fourth-order valence-electron chi connectivity index (χ4n) is 4.80. The van der Waals surface area contributed by atoms with E-state index < -0.39 is 0 Å². The molecule has 7 nitrogen and oxygen atoms in total. The van der Waals surface area contributed by atoms with Crippen molar-refractivity contribution in [3.05, 3.63) is 58.3 Å². The van der Waals surface area contributed by atoms with Crippen LogP contribution in [0.25, 0.3) is 5.52 Å². The van der Waals surface area contributed by atoms with Crippen LogP contribution in [0.15, 0.2) is 41.3 Å². The van der Waals surface area contributed by atoms with E-state index in [0.717, 1.165) is 70.3 Å². The van der Waals surface area contributed by atoms with E-state index in [1.54, 1.807) is 6.20 Å². The molecule has 4 heterocycles. The van der Waals surface area contributed by atoms with Crippen LogP contribution in [0, 0.1) is 5.92 Å². The molecule has 5 rings (SSSR count). The monoisotopic (exact) mass is 407 g/mol. The topological polar surface area (TPSA) is 64.7 Å². The quantitative estimate of drug-likeness (QED) is 0.651. The Balaban J connectivity index is 1.46. The summed E-state index contributed by atoms with van der Waals surface area (Å²) in [5, 5.41) is 4.96. The van der Waals surface area contributed by atoms with Crippen molar-refractivity contribution in [1.29, 1.82) is 0 Å². The van der Waals surface area contributed by atoms with Crippen molar-refractivity contribution < 1.29 is 4.74 Å². The fourth-order valence-corrected chi connectivity index (χ4v) is 4.80. The molecule has 0 aliphatic carbocycles. The van der Waals surface area contributed by atoms with Gasteiger partial charge in [-0.05, 0) is 37.2 Å². The third-order valence-corrected chi connectivity index (χ3v) is 6.30. The number of nitrogens with zero attached hydrogens (tertiary/aromatic N) is 5. The maximum absolute atomic E-state index is 13.2. The highest BCUT2D eigenvalue weighted by Gasteiger charge is 2.27. The van der Waals surface area contributed by atoms with Crippen LogP contribution in [0.1, 0.15) is 43.5 Å². The molecule has 30 heavy (non-hydrogen) atoms. The Kier molecular flexibility index (Phi) is 5.29. The summed E-state index contributed by atoms with van der Waals surface area (Å²) in [5.74, 6) is 2.44. The predicted molar refractivity (Wildman–Crippen MR) is 116 cm³/mol. The molecule has 2 aromatic heterocycles. The number of anilines is 1. The van der Waals surface area contributed by atoms with Gasteiger partial charge in [0, 0.05) is 38.8 Å². The Morgan fingerprint density at radius 1 is 1.17 bits per heavy atom. The number of hydrogen-bond acceptors (Lipinski definition) is 5. The summed E-state index contributed by atoms with van der Waals surface area (Å²) in [5.41, 5.74) is 1.95. The number of ether oxygens (including phenoxy) is 1. The Morgan fingerprint density at radius 2 is 1.97 bits per heavy atom. The number of imidazole rings is 1. The zero-order chi connectivity index (χ0) is 20.5. The number of benzene rings is 1. The number of aromatic nitrogens is 4. The molecule has 0 bridgehead atoms. The zero-order valence-corrected chi connectivity index (χ0v) is 17.5. The van der Waals surface area contributed by atoms with Gasteiger partial charge < -0.3 is 9.64 Å². The molecular formula is C23H29N5O2. The lowest BCUT2D eigenvalue weighted by atomic mass is 10.00. The highest BCUT2D eigenvalue weighted by atomic mass is 16.5. The van der Waals surface area contributed by atoms with Crippen LogP contribution in [0.3, 0.4) is 0 Å². The lowest BCUT2D eigenvalue weighted by Gasteiger charge is -2.32. The van der Waals surface area contributed by atoms with E-state index in [1.807, 2.05) is 9.08 Å². The van der Waals surface area contributed by atoms with Gasteiger partial charge >= 0.3 is 0 Å². The van der Waals surface area contributed by atoms with E-state index in [9.17, 15) is 4.79 Å². The SMILES string of the molecule is CC(Cc1ccccc1)CN1CCCn2c1nn1c(C3CCOCC3)ncc1c2=O. The average molecular weight is 408 g/mol. The minimum absolute atomic E-state index is 0.0196. The standard InChI is InChI=1S/C23H29N5O2/c1-17(14-18-6-3-2-4-7-18)16-26-10-5-11-27-22(29)20-15-24-21(28(20)25-23(26)27)19-8-12-30-13-9-19/h2-4,6-7,15,17,19H,5,8-14,16H2,1H3. The fraction of sp³-hybridized carbons (Fsp3) is 0.522. The van der Waals surface area contributed by atoms with E-state index in [2.05, 4.69) is 47.1 Å². The van der Waals surface area contributed by atoms with Crippen molar-refractivity contribution in [2.24, 2.45) is 5.92 Å². The van der Waals surface area contributed by atoms with Gasteiger partial charge in [-0.1, -0.05) is 37.3 Å². The van der Waals surface area contributed by atoms with Crippen LogP contribution in [0.5, 0.6) is 0 Å². The second kappa shape index (κ2) is 8.22. The molecule has 0 spiro atoms. The Labute approximate surface area is 176 Å². The van der Waals surface area contributed by atoms with Gasteiger partial charge in [0.1, 0.15) is 5.82 Å². The van der Waals surface area contributed by atoms with Gasteiger partial charge in [0.2, 0.25) is 5.95 Å². The molecule has 1 fully saturated rings. The van der Waals surface area contributed by atoms with Crippen LogP contribution in [0.4, 0.5) is 5.95 Å². The molecule has 158 valence electrons. The summed E-state index contributed by atoms with van der Waals surface area (Å²) >= 11 is 0. The number of hydrogen-bond donors (Lipinski definition) is 0. The van der Waals surface area contributed by atoms with Crippen LogP contribution < -0.4 is 10.5 Å². The maximum atomic E-state index is 13.2. The third-order valence-electron chi connectivity index (χ3n) is 6.30. The normalized spacial score (nSPS) is 18.5. The van der Waals surface area contributed by atoms with Gasteiger partial charge in [0.05, 0.1) is 6.20 Å². The summed E-state index contributed by atoms with van der Waals surface area (Å²) < 4.78 is 9.15. The summed E-state index contributed by atoms with van der Waals surface area (Å²) in [6.45, 7) is 6.29. The first-order valence-electron chi connectivity index (χ1n) is 11.1. The first-order valence-corrected chi connectivity index (χ1v) is 11.1. The molecule has 7 heteroatoms. The molecule has 0 amide bonds. The number of fused-ring (bicyclic) bond motifs is 2. The zero-order valence-electron chi connectivity index (χ0n) is 17.5. The smallest absolute Gasteiger partial charge is 0.280 e. The van der Waals surface area contributed by atoms with Gasteiger partial charge in [-0.3, -0.25) is 9.36 Å². The lowest BCUT2D eigenvalue weighted by molar-refractivity contribution is 0.0832. The van der Waals surface area contributed by atoms with E-state index in [-0.39, 0.29) is 5.56 Å². The molecule has 2 aliphatic heterocycles. The molecule has 3 aromatic rings. The van der Waals surface area contributed by atoms with Gasteiger partial charge in [0.15, 0.2) is 5.52 Å². The Hall–Kier alpha value is -2.67. The highest BCUT2D eigenvalue weighted by molar-refractivity contribution is 5.47. The maximum Gasteiger partial charge on any atom is 0.280 e. The van der Waals surface area contributed by atoms with Gasteiger partial charge in [-0.25, -0.2) is 9.50 Å². The second-order valence-electron chi connectivity index (χ2n) is 8.65. The Morgan fingerprint density at radius 3 is 2.77 bits per heavy atom. The molecule has 1 saturated heterocycles. The highest BCUT2D eigenvalue weighted by Crippen LogP contribution is 2.27. The van der Waals surface area contributed by atoms with Gasteiger partial charge in [-0.2, -0.15) is 0 Å². The van der Waals surface area contributed by atoms with E-state index in [1.165, 1.54) is 5.56 Å². The van der Waals surface area contributed by atoms with Crippen LogP contribution in [-0.4, -0.2) is 45.5 Å². The second-order valence-corrected chi connectivity index (χ2v) is 8.65. The van der Waals surface area contributed by atoms with Crippen molar-refractivity contribution in [2.45, 2.75) is 45.1 Å². The molecule has 0 radical (unpaired) electrons. The van der Waals surface area contributed by atoms with Crippen LogP contribution in [0.2, 0.25) is 0 Å². The summed E-state index contributed by atoms with van der Waals surface area (Å²) in [6, 6.07) is 10.6. The summed E-state index contributed by atoms with van der Waals surface area (Å²) in [6.07, 6.45) is 5.53. The van der Waals surface area contributed by atoms with Crippen molar-refractivity contribution in [2.75, 3.05) is 31.2 Å². The minimum atomic E-state index is 0.0196. The first kappa shape index (κ1) is 19.3. The molecule has 0 N–H and O–H groups in total. The average Bonchev–Trinajstić information content (AvgIpc) is 3.20. The largest absolute Gasteiger partial charge is 0.381 e. The molecule has 1 aromatic carbocycles. The molecule has 1 atom stereocenters. The minimum Gasteiger partial charge on any atom is -0.381 e. The van der Waals surface area contributed by atoms with Gasteiger partial charge in [0.25, 0.3) is 5.56 Å². The molecular weight excluding hydrogens is 378 g/mol. The Bertz CT molecular complexity index is 1070. The van der Waals surface area contributed by atoms with E-state index >= 15 is 0 Å². The van der Waals surface area contributed by atoms with Crippen molar-refractivity contribution >= 4 is 11.5 Å². The molecule has 0 saturated carbocycles. The van der Waals surface area contributed by atoms with Crippen LogP contribution in [-0.2, 0) is 17.7 Å². The molecule has 2 aliphatic rings. The van der Waals surface area contributed by atoms with E-state index in [0.29, 0.717) is 17.4 Å². The lowest BCUT2D eigenvalue weighted by Crippen LogP contribution is -2.42. The van der Waals surface area contributed by atoms with Crippen LogP contribution >= 0.6 is 0 Å². The third kappa shape index (κ3) is 3.62. The molecule has 1 unspecified atom stereocenters. The number of rotatable bonds is 5. The summed E-state index contributed by atoms with van der Waals surface area (Å²) in [4.78, 5) is 20.1. The van der Waals surface area contributed by atoms with Crippen molar-refractivity contribution in [3.63, 3.8) is 0 Å². The first-order chi connectivity index (χ1) is 14.7. The van der Waals surface area contributed by atoms with Gasteiger partial charge in [-0.15, -0.1) is 5.10 Å².